The molecule has 0 radical (unpaired) electrons. The number of hydrogen-bond acceptors (Lipinski definition) is 4. The molecule has 114 valence electrons. The van der Waals surface area contributed by atoms with Gasteiger partial charge in [-0.1, -0.05) is 18.2 Å². The molecule has 0 fully saturated rings. The van der Waals surface area contributed by atoms with Crippen molar-refractivity contribution >= 4 is 29.6 Å². The zero-order valence-electron chi connectivity index (χ0n) is 11.3. The molecule has 3 N–H and O–H groups in total. The molecule has 1 aromatic rings. The lowest BCUT2D eigenvalue weighted by molar-refractivity contribution is -0.147. The minimum atomic E-state index is -1.38. The molecule has 0 saturated heterocycles. The van der Waals surface area contributed by atoms with Gasteiger partial charge in [-0.05, 0) is 24.3 Å². The highest BCUT2D eigenvalue weighted by Crippen LogP contribution is 2.18. The van der Waals surface area contributed by atoms with Gasteiger partial charge >= 0.3 is 11.9 Å². The summed E-state index contributed by atoms with van der Waals surface area (Å²) < 4.78 is 0. The molecule has 0 saturated carbocycles. The zero-order chi connectivity index (χ0) is 15.7. The number of thioether (sulfide) groups is 1. The van der Waals surface area contributed by atoms with Gasteiger partial charge < -0.3 is 15.5 Å². The number of rotatable bonds is 9. The normalized spacial score (nSPS) is 11.6. The van der Waals surface area contributed by atoms with Crippen molar-refractivity contribution in [2.45, 2.75) is 30.2 Å². The van der Waals surface area contributed by atoms with Crippen molar-refractivity contribution < 1.29 is 24.6 Å². The molecule has 0 aliphatic carbocycles. The van der Waals surface area contributed by atoms with Crippen molar-refractivity contribution in [3.05, 3.63) is 30.3 Å². The van der Waals surface area contributed by atoms with Gasteiger partial charge in [-0.3, -0.25) is 9.59 Å². The summed E-state index contributed by atoms with van der Waals surface area (Å²) in [7, 11) is 0. The summed E-state index contributed by atoms with van der Waals surface area (Å²) in [5, 5.41) is 19.6. The summed E-state index contributed by atoms with van der Waals surface area (Å²) in [6, 6.07) is 8.34. The molecule has 21 heavy (non-hydrogen) atoms. The Morgan fingerprint density at radius 2 is 1.81 bits per heavy atom. The first kappa shape index (κ1) is 17.0. The van der Waals surface area contributed by atoms with Crippen LogP contribution >= 0.6 is 11.8 Å². The Bertz CT molecular complexity index is 491. The third-order valence-electron chi connectivity index (χ3n) is 2.57. The molecule has 0 bridgehead atoms. The Kier molecular flexibility index (Phi) is 7.31. The van der Waals surface area contributed by atoms with Crippen LogP contribution in [0.2, 0.25) is 0 Å². The quantitative estimate of drug-likeness (QED) is 0.473. The Labute approximate surface area is 126 Å². The van der Waals surface area contributed by atoms with Gasteiger partial charge in [0.05, 0.1) is 6.42 Å². The van der Waals surface area contributed by atoms with Gasteiger partial charge in [-0.15, -0.1) is 11.8 Å². The summed E-state index contributed by atoms with van der Waals surface area (Å²) in [6.07, 6.45) is 0.133. The molecule has 0 unspecified atom stereocenters. The third-order valence-corrected chi connectivity index (χ3v) is 3.67. The summed E-state index contributed by atoms with van der Waals surface area (Å²) >= 11 is 1.61. The molecule has 1 atom stereocenters. The molecular formula is C14H17NO5S. The first-order chi connectivity index (χ1) is 9.99. The second-order valence-corrected chi connectivity index (χ2v) is 5.49. The highest BCUT2D eigenvalue weighted by atomic mass is 32.2. The predicted molar refractivity (Wildman–Crippen MR) is 78.2 cm³/mol. The van der Waals surface area contributed by atoms with Gasteiger partial charge in [0, 0.05) is 11.3 Å². The van der Waals surface area contributed by atoms with Gasteiger partial charge in [-0.2, -0.15) is 0 Å². The van der Waals surface area contributed by atoms with Crippen LogP contribution < -0.4 is 5.32 Å². The molecule has 6 nitrogen and oxygen atoms in total. The molecule has 7 heteroatoms. The average molecular weight is 311 g/mol. The zero-order valence-corrected chi connectivity index (χ0v) is 12.1. The number of hydrogen-bond donors (Lipinski definition) is 3. The molecule has 0 aliphatic rings. The van der Waals surface area contributed by atoms with E-state index in [9.17, 15) is 14.4 Å². The van der Waals surface area contributed by atoms with Crippen molar-refractivity contribution in [1.29, 1.82) is 0 Å². The summed E-state index contributed by atoms with van der Waals surface area (Å²) in [4.78, 5) is 34.0. The number of nitrogens with one attached hydrogen (secondary N) is 1. The van der Waals surface area contributed by atoms with E-state index in [2.05, 4.69) is 5.32 Å². The van der Waals surface area contributed by atoms with E-state index in [4.69, 9.17) is 10.2 Å². The number of carbonyl (C=O) groups excluding carboxylic acids is 1. The van der Waals surface area contributed by atoms with Crippen molar-refractivity contribution in [3.8, 4) is 0 Å². The van der Waals surface area contributed by atoms with Crippen LogP contribution in [0.25, 0.3) is 0 Å². The van der Waals surface area contributed by atoms with Crippen molar-refractivity contribution in [2.24, 2.45) is 0 Å². The lowest BCUT2D eigenvalue weighted by atomic mass is 10.2. The minimum absolute atomic E-state index is 0.170. The second kappa shape index (κ2) is 9.02. The number of carboxylic acid groups (broad SMARTS) is 2. The van der Waals surface area contributed by atoms with Crippen LogP contribution in [0.4, 0.5) is 0 Å². The molecule has 0 spiro atoms. The molecular weight excluding hydrogens is 294 g/mol. The average Bonchev–Trinajstić information content (AvgIpc) is 2.43. The van der Waals surface area contributed by atoms with Crippen molar-refractivity contribution in [1.82, 2.24) is 5.32 Å². The summed E-state index contributed by atoms with van der Waals surface area (Å²) in [5.41, 5.74) is 0. The SMILES string of the molecule is O=C(O)C[C@@H](NC(=O)CCCSc1ccccc1)C(=O)O. The Morgan fingerprint density at radius 1 is 1.14 bits per heavy atom. The van der Waals surface area contributed by atoms with Gasteiger partial charge in [0.2, 0.25) is 5.91 Å². The van der Waals surface area contributed by atoms with Gasteiger partial charge in [-0.25, -0.2) is 4.79 Å². The van der Waals surface area contributed by atoms with E-state index in [1.165, 1.54) is 0 Å². The van der Waals surface area contributed by atoms with Crippen LogP contribution in [0, 0.1) is 0 Å². The second-order valence-electron chi connectivity index (χ2n) is 4.32. The monoisotopic (exact) mass is 311 g/mol. The standard InChI is InChI=1S/C14H17NO5S/c16-12(15-11(14(19)20)9-13(17)18)7-4-8-21-10-5-2-1-3-6-10/h1-3,5-6,11H,4,7-9H2,(H,15,16)(H,17,18)(H,19,20)/t11-/m1/s1. The van der Waals surface area contributed by atoms with Crippen molar-refractivity contribution in [2.75, 3.05) is 5.75 Å². The Balaban J connectivity index is 2.26. The van der Waals surface area contributed by atoms with Gasteiger partial charge in [0.25, 0.3) is 0 Å². The first-order valence-electron chi connectivity index (χ1n) is 6.41. The summed E-state index contributed by atoms with van der Waals surface area (Å²) in [6.45, 7) is 0. The van der Waals surface area contributed by atoms with E-state index >= 15 is 0 Å². The maximum atomic E-state index is 11.6. The van der Waals surface area contributed by atoms with E-state index in [1.54, 1.807) is 11.8 Å². The van der Waals surface area contributed by atoms with Crippen LogP contribution in [-0.2, 0) is 14.4 Å². The van der Waals surface area contributed by atoms with Crippen LogP contribution in [0.15, 0.2) is 35.2 Å². The van der Waals surface area contributed by atoms with Gasteiger partial charge in [0.15, 0.2) is 0 Å². The maximum absolute atomic E-state index is 11.6. The van der Waals surface area contributed by atoms with E-state index < -0.39 is 30.3 Å². The fourth-order valence-corrected chi connectivity index (χ4v) is 2.45. The van der Waals surface area contributed by atoms with E-state index in [-0.39, 0.29) is 6.42 Å². The highest BCUT2D eigenvalue weighted by molar-refractivity contribution is 7.99. The fraction of sp³-hybridized carbons (Fsp3) is 0.357. The Hall–Kier alpha value is -2.02. The van der Waals surface area contributed by atoms with Crippen LogP contribution in [0.3, 0.4) is 0 Å². The van der Waals surface area contributed by atoms with E-state index in [0.717, 1.165) is 10.6 Å². The Morgan fingerprint density at radius 3 is 2.38 bits per heavy atom. The number of carbonyl (C=O) groups is 3. The molecule has 0 aromatic heterocycles. The lowest BCUT2D eigenvalue weighted by Crippen LogP contribution is -2.42. The number of benzene rings is 1. The lowest BCUT2D eigenvalue weighted by Gasteiger charge is -2.12. The molecule has 0 aliphatic heterocycles. The van der Waals surface area contributed by atoms with E-state index in [0.29, 0.717) is 6.42 Å². The predicted octanol–water partition coefficient (Wildman–Crippen LogP) is 1.60. The first-order valence-corrected chi connectivity index (χ1v) is 7.39. The minimum Gasteiger partial charge on any atom is -0.481 e. The van der Waals surface area contributed by atoms with E-state index in [1.807, 2.05) is 30.3 Å². The molecule has 1 amide bonds. The smallest absolute Gasteiger partial charge is 0.326 e. The molecule has 0 heterocycles. The fourth-order valence-electron chi connectivity index (χ4n) is 1.58. The number of carboxylic acids is 2. The van der Waals surface area contributed by atoms with Crippen LogP contribution in [0.5, 0.6) is 0 Å². The molecule has 1 rings (SSSR count). The topological polar surface area (TPSA) is 104 Å². The van der Waals surface area contributed by atoms with Crippen LogP contribution in [0.1, 0.15) is 19.3 Å². The largest absolute Gasteiger partial charge is 0.481 e. The third kappa shape index (κ3) is 7.36. The van der Waals surface area contributed by atoms with Gasteiger partial charge in [0.1, 0.15) is 6.04 Å². The highest BCUT2D eigenvalue weighted by Gasteiger charge is 2.22. The van der Waals surface area contributed by atoms with Crippen molar-refractivity contribution in [3.63, 3.8) is 0 Å². The number of aliphatic carboxylic acids is 2. The molecule has 1 aromatic carbocycles. The number of amides is 1. The van der Waals surface area contributed by atoms with Crippen LogP contribution in [-0.4, -0.2) is 39.9 Å². The summed E-state index contributed by atoms with van der Waals surface area (Å²) in [5.74, 6) is -2.32. The maximum Gasteiger partial charge on any atom is 0.326 e.